The molecule has 2 atom stereocenters. The van der Waals surface area contributed by atoms with E-state index in [4.69, 9.17) is 5.73 Å². The molecule has 0 aliphatic heterocycles. The van der Waals surface area contributed by atoms with Crippen molar-refractivity contribution in [3.63, 3.8) is 0 Å². The first-order valence-corrected chi connectivity index (χ1v) is 7.24. The van der Waals surface area contributed by atoms with Crippen molar-refractivity contribution < 1.29 is 0 Å². The van der Waals surface area contributed by atoms with Crippen molar-refractivity contribution in [2.45, 2.75) is 71.9 Å². The Morgan fingerprint density at radius 3 is 2.61 bits per heavy atom. The maximum Gasteiger partial charge on any atom is 0.138 e. The molecule has 0 fully saturated rings. The van der Waals surface area contributed by atoms with Crippen LogP contribution in [0.1, 0.15) is 65.2 Å². The van der Waals surface area contributed by atoms with Crippen LogP contribution in [0.4, 0.5) is 0 Å². The van der Waals surface area contributed by atoms with E-state index in [9.17, 15) is 0 Å². The van der Waals surface area contributed by atoms with E-state index in [1.165, 1.54) is 19.3 Å². The molecule has 104 valence electrons. The van der Waals surface area contributed by atoms with Gasteiger partial charge >= 0.3 is 0 Å². The summed E-state index contributed by atoms with van der Waals surface area (Å²) in [5.41, 5.74) is 6.35. The van der Waals surface area contributed by atoms with E-state index < -0.39 is 0 Å². The highest BCUT2D eigenvalue weighted by molar-refractivity contribution is 4.92. The van der Waals surface area contributed by atoms with Crippen molar-refractivity contribution in [3.05, 3.63) is 12.2 Å². The Labute approximate surface area is 111 Å². The molecule has 0 aromatic carbocycles. The van der Waals surface area contributed by atoms with Gasteiger partial charge in [0.1, 0.15) is 12.2 Å². The fraction of sp³-hybridized carbons (Fsp3) is 0.857. The molecule has 1 aromatic heterocycles. The van der Waals surface area contributed by atoms with Crippen molar-refractivity contribution in [1.82, 2.24) is 14.8 Å². The molecule has 18 heavy (non-hydrogen) atoms. The summed E-state index contributed by atoms with van der Waals surface area (Å²) >= 11 is 0. The Morgan fingerprint density at radius 2 is 2.06 bits per heavy atom. The molecular formula is C14H28N4. The summed E-state index contributed by atoms with van der Waals surface area (Å²) in [6.07, 6.45) is 7.35. The third-order valence-corrected chi connectivity index (χ3v) is 3.61. The molecule has 1 heterocycles. The second-order valence-corrected chi connectivity index (χ2v) is 5.39. The quantitative estimate of drug-likeness (QED) is 0.774. The molecular weight excluding hydrogens is 224 g/mol. The van der Waals surface area contributed by atoms with Gasteiger partial charge in [-0.1, -0.05) is 33.1 Å². The zero-order valence-corrected chi connectivity index (χ0v) is 12.3. The first-order chi connectivity index (χ1) is 8.60. The van der Waals surface area contributed by atoms with Crippen molar-refractivity contribution >= 4 is 0 Å². The normalized spacial score (nSPS) is 15.0. The maximum atomic E-state index is 6.35. The zero-order chi connectivity index (χ0) is 13.5. The molecule has 0 bridgehead atoms. The topological polar surface area (TPSA) is 56.7 Å². The van der Waals surface area contributed by atoms with Crippen molar-refractivity contribution in [2.24, 2.45) is 11.7 Å². The van der Waals surface area contributed by atoms with Gasteiger partial charge in [0.05, 0.1) is 0 Å². The number of hydrogen-bond donors (Lipinski definition) is 1. The minimum atomic E-state index is 0.197. The summed E-state index contributed by atoms with van der Waals surface area (Å²) in [6.45, 7) is 8.71. The van der Waals surface area contributed by atoms with Crippen LogP contribution >= 0.6 is 0 Å². The first-order valence-electron chi connectivity index (χ1n) is 7.24. The third-order valence-electron chi connectivity index (χ3n) is 3.61. The second kappa shape index (κ2) is 7.52. The van der Waals surface area contributed by atoms with Gasteiger partial charge in [-0.25, -0.2) is 9.67 Å². The van der Waals surface area contributed by atoms with Gasteiger partial charge in [-0.15, -0.1) is 0 Å². The molecule has 1 aromatic rings. The van der Waals surface area contributed by atoms with Crippen LogP contribution in [0.25, 0.3) is 0 Å². The van der Waals surface area contributed by atoms with Crippen molar-refractivity contribution in [1.29, 1.82) is 0 Å². The monoisotopic (exact) mass is 252 g/mol. The molecule has 4 nitrogen and oxygen atoms in total. The summed E-state index contributed by atoms with van der Waals surface area (Å²) in [4.78, 5) is 4.35. The fourth-order valence-corrected chi connectivity index (χ4v) is 2.42. The molecule has 2 unspecified atom stereocenters. The molecule has 0 spiro atoms. The van der Waals surface area contributed by atoms with Crippen LogP contribution < -0.4 is 5.73 Å². The average molecular weight is 252 g/mol. The molecule has 1 rings (SSSR count). The van der Waals surface area contributed by atoms with E-state index in [0.29, 0.717) is 12.0 Å². The number of nitrogens with two attached hydrogens (primary N) is 1. The SMILES string of the molecule is CCCCC(CC)C(N)Cc1ncnn1C(C)C. The molecule has 4 heteroatoms. The average Bonchev–Trinajstić information content (AvgIpc) is 2.78. The zero-order valence-electron chi connectivity index (χ0n) is 12.3. The molecule has 0 aliphatic carbocycles. The number of hydrogen-bond acceptors (Lipinski definition) is 3. The molecule has 0 radical (unpaired) electrons. The summed E-state index contributed by atoms with van der Waals surface area (Å²) in [5.74, 6) is 1.62. The summed E-state index contributed by atoms with van der Waals surface area (Å²) in [7, 11) is 0. The Kier molecular flexibility index (Phi) is 6.33. The largest absolute Gasteiger partial charge is 0.327 e. The van der Waals surface area contributed by atoms with Gasteiger partial charge in [0, 0.05) is 18.5 Å². The van der Waals surface area contributed by atoms with Gasteiger partial charge in [-0.2, -0.15) is 5.10 Å². The summed E-state index contributed by atoms with van der Waals surface area (Å²) in [5, 5.41) is 4.27. The predicted molar refractivity (Wildman–Crippen MR) is 75.4 cm³/mol. The Hall–Kier alpha value is -0.900. The molecule has 0 aliphatic rings. The summed E-state index contributed by atoms with van der Waals surface area (Å²) in [6, 6.07) is 0.550. The van der Waals surface area contributed by atoms with Gasteiger partial charge < -0.3 is 5.73 Å². The van der Waals surface area contributed by atoms with Gasteiger partial charge in [0.2, 0.25) is 0 Å². The van der Waals surface area contributed by atoms with Crippen LogP contribution in [0, 0.1) is 5.92 Å². The molecule has 0 saturated heterocycles. The van der Waals surface area contributed by atoms with Gasteiger partial charge in [0.15, 0.2) is 0 Å². The first kappa shape index (κ1) is 15.2. The van der Waals surface area contributed by atoms with Crippen molar-refractivity contribution in [3.8, 4) is 0 Å². The lowest BCUT2D eigenvalue weighted by atomic mass is 9.90. The Balaban J connectivity index is 2.61. The third kappa shape index (κ3) is 4.09. The lowest BCUT2D eigenvalue weighted by Gasteiger charge is -2.22. The van der Waals surface area contributed by atoms with Crippen LogP contribution in [0.2, 0.25) is 0 Å². The minimum Gasteiger partial charge on any atom is -0.327 e. The molecule has 0 amide bonds. The standard InChI is InChI=1S/C14H28N4/c1-5-7-8-12(6-2)13(15)9-14-16-10-17-18(14)11(3)4/h10-13H,5-9,15H2,1-4H3. The second-order valence-electron chi connectivity index (χ2n) is 5.39. The highest BCUT2D eigenvalue weighted by Gasteiger charge is 2.19. The van der Waals surface area contributed by atoms with E-state index in [1.807, 2.05) is 4.68 Å². The van der Waals surface area contributed by atoms with Crippen LogP contribution in [-0.2, 0) is 6.42 Å². The van der Waals surface area contributed by atoms with Gasteiger partial charge in [0.25, 0.3) is 0 Å². The van der Waals surface area contributed by atoms with Gasteiger partial charge in [-0.3, -0.25) is 0 Å². The van der Waals surface area contributed by atoms with E-state index in [2.05, 4.69) is 37.8 Å². The van der Waals surface area contributed by atoms with Crippen LogP contribution in [0.5, 0.6) is 0 Å². The predicted octanol–water partition coefficient (Wildman–Crippen LogP) is 2.95. The number of unbranched alkanes of at least 4 members (excludes halogenated alkanes) is 1. The highest BCUT2D eigenvalue weighted by atomic mass is 15.3. The maximum absolute atomic E-state index is 6.35. The Bertz CT molecular complexity index is 332. The van der Waals surface area contributed by atoms with Crippen molar-refractivity contribution in [2.75, 3.05) is 0 Å². The number of nitrogens with zero attached hydrogens (tertiary/aromatic N) is 3. The van der Waals surface area contributed by atoms with E-state index >= 15 is 0 Å². The summed E-state index contributed by atoms with van der Waals surface area (Å²) < 4.78 is 1.98. The van der Waals surface area contributed by atoms with Gasteiger partial charge in [-0.05, 0) is 26.2 Å². The molecule has 2 N–H and O–H groups in total. The Morgan fingerprint density at radius 1 is 1.33 bits per heavy atom. The number of aromatic nitrogens is 3. The fourth-order valence-electron chi connectivity index (χ4n) is 2.42. The van der Waals surface area contributed by atoms with Crippen LogP contribution in [0.15, 0.2) is 6.33 Å². The lowest BCUT2D eigenvalue weighted by Crippen LogP contribution is -2.33. The molecule has 0 saturated carbocycles. The smallest absolute Gasteiger partial charge is 0.138 e. The van der Waals surface area contributed by atoms with E-state index in [-0.39, 0.29) is 6.04 Å². The highest BCUT2D eigenvalue weighted by Crippen LogP contribution is 2.18. The lowest BCUT2D eigenvalue weighted by molar-refractivity contribution is 0.357. The van der Waals surface area contributed by atoms with Crippen LogP contribution in [0.3, 0.4) is 0 Å². The number of rotatable bonds is 8. The van der Waals surface area contributed by atoms with Crippen LogP contribution in [-0.4, -0.2) is 20.8 Å². The van der Waals surface area contributed by atoms with E-state index in [0.717, 1.165) is 18.7 Å². The minimum absolute atomic E-state index is 0.197. The van der Waals surface area contributed by atoms with E-state index in [1.54, 1.807) is 6.33 Å².